The van der Waals surface area contributed by atoms with E-state index in [1.54, 1.807) is 0 Å². The van der Waals surface area contributed by atoms with E-state index in [0.29, 0.717) is 6.54 Å². The number of likely N-dealkylation sites (N-methyl/N-ethyl adjacent to an activating group) is 1. The smallest absolute Gasteiger partial charge is 0.234 e. The van der Waals surface area contributed by atoms with Crippen molar-refractivity contribution in [3.05, 3.63) is 0 Å². The quantitative estimate of drug-likeness (QED) is 0.698. The maximum absolute atomic E-state index is 11.5. The molecular weight excluding hydrogens is 202 g/mol. The van der Waals surface area contributed by atoms with Gasteiger partial charge in [-0.25, -0.2) is 0 Å². The van der Waals surface area contributed by atoms with E-state index in [9.17, 15) is 4.79 Å². The van der Waals surface area contributed by atoms with Crippen LogP contribution in [0.1, 0.15) is 33.6 Å². The lowest BCUT2D eigenvalue weighted by molar-refractivity contribution is -0.120. The van der Waals surface area contributed by atoms with Crippen LogP contribution in [0.3, 0.4) is 0 Å². The summed E-state index contributed by atoms with van der Waals surface area (Å²) >= 11 is 0. The molecule has 0 bridgehead atoms. The number of hydrogen-bond donors (Lipinski definition) is 2. The number of nitrogens with one attached hydrogen (secondary N) is 2. The third-order valence-electron chi connectivity index (χ3n) is 2.74. The minimum atomic E-state index is 0.00213. The molecule has 2 N–H and O–H groups in total. The first-order chi connectivity index (χ1) is 7.38. The van der Waals surface area contributed by atoms with Crippen LogP contribution in [0.25, 0.3) is 0 Å². The van der Waals surface area contributed by atoms with Crippen molar-refractivity contribution in [2.24, 2.45) is 0 Å². The summed E-state index contributed by atoms with van der Waals surface area (Å²) in [5.74, 6) is 0.0825. The fraction of sp³-hybridized carbons (Fsp3) is 0.917. The fourth-order valence-corrected chi connectivity index (χ4v) is 1.48. The van der Waals surface area contributed by atoms with Gasteiger partial charge in [-0.1, -0.05) is 0 Å². The van der Waals surface area contributed by atoms with Gasteiger partial charge in [-0.05, 0) is 40.7 Å². The second kappa shape index (κ2) is 5.64. The van der Waals surface area contributed by atoms with Crippen LogP contribution in [0.5, 0.6) is 0 Å². The minimum absolute atomic E-state index is 0.00213. The third kappa shape index (κ3) is 6.08. The Morgan fingerprint density at radius 3 is 2.50 bits per heavy atom. The molecular formula is C12H25N3O. The van der Waals surface area contributed by atoms with Gasteiger partial charge in [-0.2, -0.15) is 0 Å². The summed E-state index contributed by atoms with van der Waals surface area (Å²) in [7, 11) is 2.12. The molecule has 0 atom stereocenters. The average Bonchev–Trinajstić information content (AvgIpc) is 2.96. The number of hydrogen-bond acceptors (Lipinski definition) is 3. The zero-order valence-corrected chi connectivity index (χ0v) is 11.0. The second-order valence-corrected chi connectivity index (χ2v) is 5.67. The van der Waals surface area contributed by atoms with Crippen molar-refractivity contribution in [1.82, 2.24) is 15.5 Å². The SMILES string of the molecule is CN(CCNC(=O)CNC(C)(C)C)C1CC1. The van der Waals surface area contributed by atoms with Crippen molar-refractivity contribution in [3.63, 3.8) is 0 Å². The third-order valence-corrected chi connectivity index (χ3v) is 2.74. The van der Waals surface area contributed by atoms with Gasteiger partial charge in [0.1, 0.15) is 0 Å². The van der Waals surface area contributed by atoms with Crippen molar-refractivity contribution < 1.29 is 4.79 Å². The Labute approximate surface area is 98.8 Å². The Hall–Kier alpha value is -0.610. The van der Waals surface area contributed by atoms with E-state index in [4.69, 9.17) is 0 Å². The van der Waals surface area contributed by atoms with Gasteiger partial charge in [0.25, 0.3) is 0 Å². The summed E-state index contributed by atoms with van der Waals surface area (Å²) in [5, 5.41) is 6.09. The van der Waals surface area contributed by atoms with E-state index in [1.165, 1.54) is 12.8 Å². The predicted octanol–water partition coefficient (Wildman–Crippen LogP) is 0.585. The number of nitrogens with zero attached hydrogens (tertiary/aromatic N) is 1. The molecule has 1 rings (SSSR count). The van der Waals surface area contributed by atoms with Crippen LogP contribution in [0.15, 0.2) is 0 Å². The summed E-state index contributed by atoms with van der Waals surface area (Å²) in [6.45, 7) is 8.27. The first-order valence-electron chi connectivity index (χ1n) is 6.10. The van der Waals surface area contributed by atoms with Gasteiger partial charge in [0, 0.05) is 24.7 Å². The Bertz CT molecular complexity index is 231. The molecule has 0 aliphatic heterocycles. The van der Waals surface area contributed by atoms with Gasteiger partial charge in [0.2, 0.25) is 5.91 Å². The second-order valence-electron chi connectivity index (χ2n) is 5.67. The summed E-state index contributed by atoms with van der Waals surface area (Å²) in [5.41, 5.74) is 0.00213. The zero-order chi connectivity index (χ0) is 12.2. The lowest BCUT2D eigenvalue weighted by Crippen LogP contribution is -2.44. The number of amides is 1. The summed E-state index contributed by atoms with van der Waals surface area (Å²) in [4.78, 5) is 13.8. The molecule has 0 aromatic heterocycles. The van der Waals surface area contributed by atoms with Crippen LogP contribution >= 0.6 is 0 Å². The molecule has 0 aromatic rings. The normalized spacial score (nSPS) is 16.6. The standard InChI is InChI=1S/C12H25N3O/c1-12(2,3)14-9-11(16)13-7-8-15(4)10-5-6-10/h10,14H,5-9H2,1-4H3,(H,13,16). The van der Waals surface area contributed by atoms with Gasteiger partial charge in [-0.3, -0.25) is 4.79 Å². The molecule has 1 fully saturated rings. The summed E-state index contributed by atoms with van der Waals surface area (Å²) in [6.07, 6.45) is 2.63. The van der Waals surface area contributed by atoms with Crippen LogP contribution in [-0.2, 0) is 4.79 Å². The van der Waals surface area contributed by atoms with E-state index in [1.807, 2.05) is 0 Å². The van der Waals surface area contributed by atoms with Crippen molar-refractivity contribution in [2.75, 3.05) is 26.7 Å². The Morgan fingerprint density at radius 2 is 2.00 bits per heavy atom. The molecule has 0 heterocycles. The van der Waals surface area contributed by atoms with Crippen molar-refractivity contribution >= 4 is 5.91 Å². The minimum Gasteiger partial charge on any atom is -0.354 e. The molecule has 0 aromatic carbocycles. The topological polar surface area (TPSA) is 44.4 Å². The van der Waals surface area contributed by atoms with Crippen LogP contribution in [0.4, 0.5) is 0 Å². The van der Waals surface area contributed by atoms with Gasteiger partial charge < -0.3 is 15.5 Å². The lowest BCUT2D eigenvalue weighted by Gasteiger charge is -2.20. The van der Waals surface area contributed by atoms with Gasteiger partial charge in [-0.15, -0.1) is 0 Å². The molecule has 1 aliphatic rings. The highest BCUT2D eigenvalue weighted by Crippen LogP contribution is 2.24. The van der Waals surface area contributed by atoms with Crippen LogP contribution in [0, 0.1) is 0 Å². The van der Waals surface area contributed by atoms with Crippen molar-refractivity contribution in [1.29, 1.82) is 0 Å². The number of carbonyl (C=O) groups is 1. The molecule has 0 radical (unpaired) electrons. The van der Waals surface area contributed by atoms with E-state index >= 15 is 0 Å². The zero-order valence-electron chi connectivity index (χ0n) is 11.0. The molecule has 0 spiro atoms. The number of rotatable bonds is 6. The summed E-state index contributed by atoms with van der Waals surface area (Å²) in [6, 6.07) is 0.768. The van der Waals surface area contributed by atoms with E-state index < -0.39 is 0 Å². The molecule has 1 amide bonds. The highest BCUT2D eigenvalue weighted by atomic mass is 16.1. The fourth-order valence-electron chi connectivity index (χ4n) is 1.48. The molecule has 16 heavy (non-hydrogen) atoms. The monoisotopic (exact) mass is 227 g/mol. The largest absolute Gasteiger partial charge is 0.354 e. The average molecular weight is 227 g/mol. The maximum atomic E-state index is 11.5. The molecule has 4 nitrogen and oxygen atoms in total. The van der Waals surface area contributed by atoms with E-state index in [0.717, 1.165) is 19.1 Å². The predicted molar refractivity (Wildman–Crippen MR) is 66.4 cm³/mol. The Morgan fingerprint density at radius 1 is 1.38 bits per heavy atom. The van der Waals surface area contributed by atoms with Crippen LogP contribution in [-0.4, -0.2) is 49.1 Å². The lowest BCUT2D eigenvalue weighted by atomic mass is 10.1. The molecule has 1 saturated carbocycles. The van der Waals surface area contributed by atoms with Crippen LogP contribution < -0.4 is 10.6 Å². The first kappa shape index (κ1) is 13.5. The van der Waals surface area contributed by atoms with Gasteiger partial charge >= 0.3 is 0 Å². The highest BCUT2D eigenvalue weighted by Gasteiger charge is 2.25. The van der Waals surface area contributed by atoms with E-state index in [2.05, 4.69) is 43.4 Å². The van der Waals surface area contributed by atoms with Gasteiger partial charge in [0.05, 0.1) is 6.54 Å². The first-order valence-corrected chi connectivity index (χ1v) is 6.10. The molecule has 4 heteroatoms. The van der Waals surface area contributed by atoms with Crippen molar-refractivity contribution in [2.45, 2.75) is 45.2 Å². The van der Waals surface area contributed by atoms with Gasteiger partial charge in [0.15, 0.2) is 0 Å². The molecule has 0 unspecified atom stereocenters. The van der Waals surface area contributed by atoms with Crippen molar-refractivity contribution in [3.8, 4) is 0 Å². The molecule has 1 aliphatic carbocycles. The molecule has 0 saturated heterocycles. The highest BCUT2D eigenvalue weighted by molar-refractivity contribution is 5.78. The summed E-state index contributed by atoms with van der Waals surface area (Å²) < 4.78 is 0. The Kier molecular flexibility index (Phi) is 4.74. The maximum Gasteiger partial charge on any atom is 0.234 e. The van der Waals surface area contributed by atoms with Crippen LogP contribution in [0.2, 0.25) is 0 Å². The molecule has 94 valence electrons. The number of carbonyl (C=O) groups excluding carboxylic acids is 1. The van der Waals surface area contributed by atoms with E-state index in [-0.39, 0.29) is 11.4 Å². The Balaban J connectivity index is 2.01.